The molecule has 1 aromatic heterocycles. The molecule has 1 aliphatic heterocycles. The Labute approximate surface area is 203 Å². The number of hydrogen-bond acceptors (Lipinski definition) is 7. The number of carbonyl (C=O) groups excluding carboxylic acids is 2. The van der Waals surface area contributed by atoms with E-state index in [9.17, 15) is 14.7 Å². The van der Waals surface area contributed by atoms with Crippen molar-refractivity contribution in [1.29, 1.82) is 0 Å². The van der Waals surface area contributed by atoms with Crippen molar-refractivity contribution >= 4 is 17.4 Å². The van der Waals surface area contributed by atoms with Crippen molar-refractivity contribution in [2.45, 2.75) is 19.5 Å². The summed E-state index contributed by atoms with van der Waals surface area (Å²) in [6, 6.07) is 13.0. The lowest BCUT2D eigenvalue weighted by Crippen LogP contribution is -2.29. The van der Waals surface area contributed by atoms with Gasteiger partial charge in [-0.1, -0.05) is 18.2 Å². The molecule has 2 aromatic carbocycles. The topological polar surface area (TPSA) is 98.2 Å². The third kappa shape index (κ3) is 4.30. The number of para-hydroxylation sites is 1. The van der Waals surface area contributed by atoms with Gasteiger partial charge in [-0.3, -0.25) is 14.6 Å². The second-order valence-electron chi connectivity index (χ2n) is 8.06. The van der Waals surface area contributed by atoms with E-state index in [1.165, 1.54) is 19.1 Å². The highest BCUT2D eigenvalue weighted by molar-refractivity contribution is 6.46. The van der Waals surface area contributed by atoms with E-state index in [-0.39, 0.29) is 17.9 Å². The van der Waals surface area contributed by atoms with Gasteiger partial charge < -0.3 is 24.2 Å². The molecule has 3 aromatic rings. The van der Waals surface area contributed by atoms with Crippen molar-refractivity contribution in [3.05, 3.63) is 88.8 Å². The zero-order valence-corrected chi connectivity index (χ0v) is 19.9. The average Bonchev–Trinajstić information content (AvgIpc) is 3.12. The van der Waals surface area contributed by atoms with Crippen LogP contribution in [0.2, 0.25) is 0 Å². The largest absolute Gasteiger partial charge is 0.507 e. The maximum Gasteiger partial charge on any atom is 0.295 e. The van der Waals surface area contributed by atoms with Gasteiger partial charge in [0.15, 0.2) is 11.5 Å². The minimum Gasteiger partial charge on any atom is -0.507 e. The number of ketones is 1. The maximum absolute atomic E-state index is 13.3. The molecule has 35 heavy (non-hydrogen) atoms. The molecule has 0 unspecified atom stereocenters. The number of aliphatic hydroxyl groups is 1. The van der Waals surface area contributed by atoms with Crippen LogP contribution in [0.4, 0.5) is 0 Å². The van der Waals surface area contributed by atoms with Gasteiger partial charge in [0.1, 0.15) is 11.5 Å². The highest BCUT2D eigenvalue weighted by atomic mass is 16.5. The summed E-state index contributed by atoms with van der Waals surface area (Å²) in [5.74, 6) is -0.334. The number of rotatable bonds is 7. The maximum atomic E-state index is 13.3. The molecule has 0 bridgehead atoms. The van der Waals surface area contributed by atoms with Gasteiger partial charge in [-0.25, -0.2) is 0 Å². The standard InChI is InChI=1S/C27H26N2O6/c1-16-13-18(10-11-20(16)33-2)24(30)22-23(19-8-5-9-21(34-3)26(19)35-4)29(27(32)25(22)31)15-17-7-6-12-28-14-17/h5-14,23,30H,15H2,1-4H3/b24-22+/t23-/m1/s1. The number of benzene rings is 2. The third-order valence-electron chi connectivity index (χ3n) is 6.01. The fourth-order valence-electron chi connectivity index (χ4n) is 4.36. The average molecular weight is 475 g/mol. The minimum atomic E-state index is -0.914. The number of ether oxygens (including phenoxy) is 3. The Morgan fingerprint density at radius 2 is 1.77 bits per heavy atom. The zero-order chi connectivity index (χ0) is 25.1. The summed E-state index contributed by atoms with van der Waals surface area (Å²) >= 11 is 0. The predicted octanol–water partition coefficient (Wildman–Crippen LogP) is 4.04. The molecule has 0 spiro atoms. The van der Waals surface area contributed by atoms with Crippen LogP contribution in [0.25, 0.3) is 5.76 Å². The molecule has 180 valence electrons. The van der Waals surface area contributed by atoms with Crippen LogP contribution in [0.1, 0.15) is 28.3 Å². The first kappa shape index (κ1) is 23.8. The summed E-state index contributed by atoms with van der Waals surface area (Å²) in [5, 5.41) is 11.4. The van der Waals surface area contributed by atoms with Crippen LogP contribution in [0.5, 0.6) is 17.2 Å². The number of aromatic nitrogens is 1. The van der Waals surface area contributed by atoms with Crippen LogP contribution in [0.3, 0.4) is 0 Å². The Hall–Kier alpha value is -4.33. The van der Waals surface area contributed by atoms with E-state index >= 15 is 0 Å². The van der Waals surface area contributed by atoms with E-state index in [1.54, 1.807) is 62.0 Å². The molecule has 8 nitrogen and oxygen atoms in total. The van der Waals surface area contributed by atoms with Crippen molar-refractivity contribution in [3.63, 3.8) is 0 Å². The summed E-state index contributed by atoms with van der Waals surface area (Å²) < 4.78 is 16.4. The van der Waals surface area contributed by atoms with E-state index in [0.29, 0.717) is 28.4 Å². The van der Waals surface area contributed by atoms with Crippen LogP contribution < -0.4 is 14.2 Å². The van der Waals surface area contributed by atoms with E-state index in [0.717, 1.165) is 11.1 Å². The van der Waals surface area contributed by atoms with E-state index in [2.05, 4.69) is 4.98 Å². The van der Waals surface area contributed by atoms with Gasteiger partial charge in [-0.05, 0) is 48.4 Å². The molecule has 1 atom stereocenters. The second-order valence-corrected chi connectivity index (χ2v) is 8.06. The van der Waals surface area contributed by atoms with Crippen LogP contribution in [-0.2, 0) is 16.1 Å². The summed E-state index contributed by atoms with van der Waals surface area (Å²) in [4.78, 5) is 32.2. The molecule has 1 aliphatic rings. The highest BCUT2D eigenvalue weighted by Crippen LogP contribution is 2.46. The SMILES string of the molecule is COc1ccc(/C(O)=C2\C(=O)C(=O)N(Cc3cccnc3)[C@@H]2c2cccc(OC)c2OC)cc1C. The van der Waals surface area contributed by atoms with Gasteiger partial charge >= 0.3 is 0 Å². The lowest BCUT2D eigenvalue weighted by Gasteiger charge is -2.27. The van der Waals surface area contributed by atoms with Gasteiger partial charge in [0.25, 0.3) is 11.7 Å². The molecule has 1 amide bonds. The molecular weight excluding hydrogens is 448 g/mol. The molecule has 0 aliphatic carbocycles. The first-order chi connectivity index (χ1) is 16.9. The molecule has 1 N–H and O–H groups in total. The number of carbonyl (C=O) groups is 2. The normalized spacial score (nSPS) is 16.9. The van der Waals surface area contributed by atoms with Gasteiger partial charge in [0, 0.05) is 30.1 Å². The van der Waals surface area contributed by atoms with Crippen LogP contribution in [-0.4, -0.2) is 48.0 Å². The summed E-state index contributed by atoms with van der Waals surface area (Å²) in [6.45, 7) is 1.95. The summed E-state index contributed by atoms with van der Waals surface area (Å²) in [6.07, 6.45) is 3.26. The number of likely N-dealkylation sites (tertiary alicyclic amines) is 1. The molecule has 0 radical (unpaired) electrons. The summed E-state index contributed by atoms with van der Waals surface area (Å²) in [5.41, 5.74) is 2.39. The van der Waals surface area contributed by atoms with Gasteiger partial charge in [0.2, 0.25) is 0 Å². The number of amides is 1. The van der Waals surface area contributed by atoms with Gasteiger partial charge in [-0.2, -0.15) is 0 Å². The van der Waals surface area contributed by atoms with E-state index < -0.39 is 17.7 Å². The fraction of sp³-hybridized carbons (Fsp3) is 0.222. The summed E-state index contributed by atoms with van der Waals surface area (Å²) in [7, 11) is 4.55. The molecular formula is C27H26N2O6. The first-order valence-corrected chi connectivity index (χ1v) is 10.9. The molecule has 4 rings (SSSR count). The first-order valence-electron chi connectivity index (χ1n) is 10.9. The van der Waals surface area contributed by atoms with Crippen molar-refractivity contribution in [1.82, 2.24) is 9.88 Å². The number of aryl methyl sites for hydroxylation is 1. The Bertz CT molecular complexity index is 1300. The third-order valence-corrected chi connectivity index (χ3v) is 6.01. The van der Waals surface area contributed by atoms with Crippen molar-refractivity contribution < 1.29 is 28.9 Å². The molecule has 0 saturated carbocycles. The fourth-order valence-corrected chi connectivity index (χ4v) is 4.36. The quantitative estimate of drug-likeness (QED) is 0.314. The van der Waals surface area contributed by atoms with Gasteiger partial charge in [0.05, 0.1) is 32.9 Å². The lowest BCUT2D eigenvalue weighted by molar-refractivity contribution is -0.140. The van der Waals surface area contributed by atoms with Crippen LogP contribution >= 0.6 is 0 Å². The Morgan fingerprint density at radius 1 is 1.00 bits per heavy atom. The molecule has 1 saturated heterocycles. The van der Waals surface area contributed by atoms with E-state index in [1.807, 2.05) is 13.0 Å². The Balaban J connectivity index is 1.94. The van der Waals surface area contributed by atoms with Crippen LogP contribution in [0, 0.1) is 6.92 Å². The zero-order valence-electron chi connectivity index (χ0n) is 19.9. The number of Topliss-reactive ketones (excluding diaryl/α,β-unsaturated/α-hetero) is 1. The number of methoxy groups -OCH3 is 3. The number of pyridine rings is 1. The molecule has 2 heterocycles. The van der Waals surface area contributed by atoms with Crippen molar-refractivity contribution in [3.8, 4) is 17.2 Å². The second kappa shape index (κ2) is 9.89. The van der Waals surface area contributed by atoms with Crippen LogP contribution in [0.15, 0.2) is 66.5 Å². The monoisotopic (exact) mass is 474 g/mol. The predicted molar refractivity (Wildman–Crippen MR) is 129 cm³/mol. The highest BCUT2D eigenvalue weighted by Gasteiger charge is 2.47. The van der Waals surface area contributed by atoms with Crippen molar-refractivity contribution in [2.24, 2.45) is 0 Å². The minimum absolute atomic E-state index is 0.0324. The van der Waals surface area contributed by atoms with Gasteiger partial charge in [-0.15, -0.1) is 0 Å². The number of hydrogen-bond donors (Lipinski definition) is 1. The molecule has 1 fully saturated rings. The number of nitrogens with zero attached hydrogens (tertiary/aromatic N) is 2. The van der Waals surface area contributed by atoms with E-state index in [4.69, 9.17) is 14.2 Å². The Kier molecular flexibility index (Phi) is 6.73. The Morgan fingerprint density at radius 3 is 2.40 bits per heavy atom. The lowest BCUT2D eigenvalue weighted by atomic mass is 9.93. The van der Waals surface area contributed by atoms with Crippen molar-refractivity contribution in [2.75, 3.05) is 21.3 Å². The number of aliphatic hydroxyl groups excluding tert-OH is 1. The smallest absolute Gasteiger partial charge is 0.295 e. The molecule has 8 heteroatoms.